The summed E-state index contributed by atoms with van der Waals surface area (Å²) >= 11 is 0. The summed E-state index contributed by atoms with van der Waals surface area (Å²) in [4.78, 5) is 70.1. The topological polar surface area (TPSA) is 162 Å². The summed E-state index contributed by atoms with van der Waals surface area (Å²) in [5.41, 5.74) is 0. The fourth-order valence-electron chi connectivity index (χ4n) is 2.63. The molecule has 166 valence electrons. The van der Waals surface area contributed by atoms with Crippen LogP contribution in [0.1, 0.15) is 39.5 Å². The summed E-state index contributed by atoms with van der Waals surface area (Å²) in [7, 11) is 0. The van der Waals surface area contributed by atoms with E-state index in [1.54, 1.807) is 13.8 Å². The van der Waals surface area contributed by atoms with Gasteiger partial charge >= 0.3 is 5.97 Å². The largest absolute Gasteiger partial charge is 0.480 e. The Kier molecular flexibility index (Phi) is 10.2. The van der Waals surface area contributed by atoms with Crippen LogP contribution in [0.5, 0.6) is 0 Å². The number of unbranched alkanes of at least 4 members (excludes halogenated alkanes) is 2. The average molecular weight is 424 g/mol. The lowest BCUT2D eigenvalue weighted by molar-refractivity contribution is -0.143. The molecule has 11 nitrogen and oxygen atoms in total. The van der Waals surface area contributed by atoms with Crippen LogP contribution in [0.4, 0.5) is 0 Å². The molecular formula is C19H28N4O7. The van der Waals surface area contributed by atoms with Crippen molar-refractivity contribution in [2.45, 2.75) is 45.6 Å². The van der Waals surface area contributed by atoms with Gasteiger partial charge in [0.2, 0.25) is 17.7 Å². The zero-order chi connectivity index (χ0) is 22.7. The van der Waals surface area contributed by atoms with Gasteiger partial charge in [0.15, 0.2) is 0 Å². The van der Waals surface area contributed by atoms with Crippen LogP contribution in [-0.2, 0) is 28.8 Å². The van der Waals surface area contributed by atoms with Crippen LogP contribution in [0.3, 0.4) is 0 Å². The summed E-state index contributed by atoms with van der Waals surface area (Å²) in [5.74, 6) is -3.69. The van der Waals surface area contributed by atoms with E-state index in [1.165, 1.54) is 12.2 Å². The van der Waals surface area contributed by atoms with E-state index in [-0.39, 0.29) is 36.6 Å². The predicted octanol–water partition coefficient (Wildman–Crippen LogP) is -1.07. The van der Waals surface area contributed by atoms with Crippen LogP contribution >= 0.6 is 0 Å². The quantitative estimate of drug-likeness (QED) is 0.216. The minimum Gasteiger partial charge on any atom is -0.480 e. The van der Waals surface area contributed by atoms with Crippen molar-refractivity contribution in [1.29, 1.82) is 0 Å². The van der Waals surface area contributed by atoms with Crippen molar-refractivity contribution in [1.82, 2.24) is 20.9 Å². The molecule has 0 bridgehead atoms. The van der Waals surface area contributed by atoms with Crippen molar-refractivity contribution in [2.75, 3.05) is 19.6 Å². The zero-order valence-corrected chi connectivity index (χ0v) is 17.1. The Morgan fingerprint density at radius 1 is 0.900 bits per heavy atom. The van der Waals surface area contributed by atoms with Crippen LogP contribution < -0.4 is 16.0 Å². The molecule has 30 heavy (non-hydrogen) atoms. The Hall–Kier alpha value is -3.24. The number of carbonyl (C=O) groups is 6. The third-order valence-electron chi connectivity index (χ3n) is 4.33. The van der Waals surface area contributed by atoms with Gasteiger partial charge in [0.05, 0.1) is 13.1 Å². The molecule has 0 saturated heterocycles. The minimum absolute atomic E-state index is 0.183. The third kappa shape index (κ3) is 8.84. The first-order valence-electron chi connectivity index (χ1n) is 9.71. The van der Waals surface area contributed by atoms with E-state index in [0.29, 0.717) is 25.8 Å². The predicted molar refractivity (Wildman–Crippen MR) is 105 cm³/mol. The van der Waals surface area contributed by atoms with Gasteiger partial charge < -0.3 is 21.1 Å². The molecule has 1 heterocycles. The Balaban J connectivity index is 2.12. The lowest BCUT2D eigenvalue weighted by atomic mass is 10.1. The first kappa shape index (κ1) is 24.8. The van der Waals surface area contributed by atoms with Crippen molar-refractivity contribution >= 4 is 35.5 Å². The number of amides is 5. The van der Waals surface area contributed by atoms with E-state index in [4.69, 9.17) is 5.11 Å². The van der Waals surface area contributed by atoms with Crippen LogP contribution in [0.2, 0.25) is 0 Å². The van der Waals surface area contributed by atoms with Crippen molar-refractivity contribution in [3.8, 4) is 0 Å². The Morgan fingerprint density at radius 3 is 2.03 bits per heavy atom. The van der Waals surface area contributed by atoms with Crippen LogP contribution in [0.15, 0.2) is 12.2 Å². The number of rotatable bonds is 13. The number of imide groups is 1. The first-order chi connectivity index (χ1) is 14.1. The normalized spacial score (nSPS) is 14.0. The van der Waals surface area contributed by atoms with Crippen molar-refractivity contribution in [2.24, 2.45) is 5.92 Å². The van der Waals surface area contributed by atoms with Crippen LogP contribution in [0, 0.1) is 5.92 Å². The monoisotopic (exact) mass is 424 g/mol. The molecule has 0 fully saturated rings. The maximum atomic E-state index is 11.7. The third-order valence-corrected chi connectivity index (χ3v) is 4.33. The van der Waals surface area contributed by atoms with Crippen molar-refractivity contribution < 1.29 is 33.9 Å². The van der Waals surface area contributed by atoms with Gasteiger partial charge in [-0.1, -0.05) is 20.3 Å². The molecule has 1 unspecified atom stereocenters. The van der Waals surface area contributed by atoms with Gasteiger partial charge in [-0.3, -0.25) is 28.9 Å². The maximum absolute atomic E-state index is 11.7. The van der Waals surface area contributed by atoms with E-state index in [9.17, 15) is 28.8 Å². The maximum Gasteiger partial charge on any atom is 0.326 e. The zero-order valence-electron chi connectivity index (χ0n) is 17.1. The molecule has 1 aliphatic heterocycles. The van der Waals surface area contributed by atoms with E-state index in [0.717, 1.165) is 4.90 Å². The van der Waals surface area contributed by atoms with Gasteiger partial charge in [0.25, 0.3) is 11.8 Å². The SMILES string of the molecule is CC(C)C(NC(=O)CNC(=O)CNC(=O)CCCCCN1C(=O)C=CC1=O)C(=O)O. The summed E-state index contributed by atoms with van der Waals surface area (Å²) in [5, 5.41) is 16.1. The van der Waals surface area contributed by atoms with Gasteiger partial charge in [-0.2, -0.15) is 0 Å². The smallest absolute Gasteiger partial charge is 0.326 e. The summed E-state index contributed by atoms with van der Waals surface area (Å²) in [6.45, 7) is 2.90. The standard InChI is InChI=1S/C19H28N4O7/c1-12(2)18(19(29)30)22-15(26)11-21-14(25)10-20-13(24)6-4-3-5-9-23-16(27)7-8-17(23)28/h7-8,12,18H,3-6,9-11H2,1-2H3,(H,20,24)(H,21,25)(H,22,26)(H,29,30). The summed E-state index contributed by atoms with van der Waals surface area (Å²) in [6, 6.07) is -1.05. The highest BCUT2D eigenvalue weighted by Crippen LogP contribution is 2.07. The van der Waals surface area contributed by atoms with Gasteiger partial charge in [-0.25, -0.2) is 4.79 Å². The molecule has 1 aliphatic rings. The molecule has 0 aromatic carbocycles. The second kappa shape index (κ2) is 12.3. The molecule has 0 aromatic rings. The number of nitrogens with one attached hydrogen (secondary N) is 3. The number of hydrogen-bond donors (Lipinski definition) is 4. The molecule has 1 atom stereocenters. The average Bonchev–Trinajstić information content (AvgIpc) is 2.99. The molecule has 5 amide bonds. The van der Waals surface area contributed by atoms with Gasteiger partial charge in [0, 0.05) is 25.1 Å². The summed E-state index contributed by atoms with van der Waals surface area (Å²) < 4.78 is 0. The number of hydrogen-bond acceptors (Lipinski definition) is 6. The number of carboxylic acids is 1. The Morgan fingerprint density at radius 2 is 1.47 bits per heavy atom. The lowest BCUT2D eigenvalue weighted by Crippen LogP contribution is -2.49. The molecule has 0 radical (unpaired) electrons. The second-order valence-electron chi connectivity index (χ2n) is 7.15. The minimum atomic E-state index is -1.16. The summed E-state index contributed by atoms with van der Waals surface area (Å²) in [6.07, 6.45) is 4.37. The van der Waals surface area contributed by atoms with Gasteiger partial charge in [-0.05, 0) is 18.8 Å². The molecule has 0 spiro atoms. The Labute approximate surface area is 174 Å². The molecule has 0 saturated carbocycles. The highest BCUT2D eigenvalue weighted by atomic mass is 16.4. The first-order valence-corrected chi connectivity index (χ1v) is 9.71. The molecule has 0 aliphatic carbocycles. The van der Waals surface area contributed by atoms with Crippen LogP contribution in [0.25, 0.3) is 0 Å². The van der Waals surface area contributed by atoms with Gasteiger partial charge in [0.1, 0.15) is 6.04 Å². The fraction of sp³-hybridized carbons (Fsp3) is 0.579. The van der Waals surface area contributed by atoms with E-state index < -0.39 is 30.4 Å². The van der Waals surface area contributed by atoms with E-state index in [1.807, 2.05) is 0 Å². The van der Waals surface area contributed by atoms with Crippen molar-refractivity contribution in [3.63, 3.8) is 0 Å². The molecule has 11 heteroatoms. The number of carbonyl (C=O) groups excluding carboxylic acids is 5. The van der Waals surface area contributed by atoms with E-state index in [2.05, 4.69) is 16.0 Å². The lowest BCUT2D eigenvalue weighted by Gasteiger charge is -2.18. The Bertz CT molecular complexity index is 700. The fourth-order valence-corrected chi connectivity index (χ4v) is 2.63. The number of aliphatic carboxylic acids is 1. The van der Waals surface area contributed by atoms with Crippen molar-refractivity contribution in [3.05, 3.63) is 12.2 Å². The van der Waals surface area contributed by atoms with Gasteiger partial charge in [-0.15, -0.1) is 0 Å². The second-order valence-corrected chi connectivity index (χ2v) is 7.15. The number of nitrogens with zero attached hydrogens (tertiary/aromatic N) is 1. The van der Waals surface area contributed by atoms with E-state index >= 15 is 0 Å². The molecule has 4 N–H and O–H groups in total. The molecule has 1 rings (SSSR count). The highest BCUT2D eigenvalue weighted by Gasteiger charge is 2.23. The molecule has 0 aromatic heterocycles. The van der Waals surface area contributed by atoms with Crippen LogP contribution in [-0.4, -0.2) is 71.2 Å². The highest BCUT2D eigenvalue weighted by molar-refractivity contribution is 6.12. The molecular weight excluding hydrogens is 396 g/mol. The number of carboxylic acid groups (broad SMARTS) is 1.